The van der Waals surface area contributed by atoms with Gasteiger partial charge in [-0.15, -0.1) is 0 Å². The standard InChI is InChI=1S/C16H23FN2O3S/c1-3-18-10-14-15(11-18)19(8-7-16(14)22-2)23(20,21)13-6-4-5-12(17)9-13/h4-6,9,14-16H,3,7-8,10-11H2,1-2H3/t14-,15+,16-/m1/s1. The van der Waals surface area contributed by atoms with Crippen LogP contribution >= 0.6 is 0 Å². The molecule has 2 fully saturated rings. The van der Waals surface area contributed by atoms with Gasteiger partial charge in [0.2, 0.25) is 10.0 Å². The fourth-order valence-corrected chi connectivity index (χ4v) is 5.52. The average molecular weight is 342 g/mol. The maximum atomic E-state index is 13.5. The van der Waals surface area contributed by atoms with Gasteiger partial charge < -0.3 is 9.64 Å². The van der Waals surface area contributed by atoms with Gasteiger partial charge >= 0.3 is 0 Å². The SMILES string of the molecule is CCN1C[C@H]2[C@H](OC)CCN(S(=O)(=O)c3cccc(F)c3)[C@H]2C1. The number of halogens is 1. The van der Waals surface area contributed by atoms with Gasteiger partial charge in [0.1, 0.15) is 5.82 Å². The first-order valence-corrected chi connectivity index (χ1v) is 9.44. The Morgan fingerprint density at radius 1 is 1.35 bits per heavy atom. The van der Waals surface area contributed by atoms with Gasteiger partial charge in [-0.1, -0.05) is 13.0 Å². The van der Waals surface area contributed by atoms with Crippen LogP contribution in [0.1, 0.15) is 13.3 Å². The molecule has 0 bridgehead atoms. The molecule has 0 saturated carbocycles. The molecule has 0 radical (unpaired) electrons. The van der Waals surface area contributed by atoms with E-state index in [9.17, 15) is 12.8 Å². The third-order valence-corrected chi connectivity index (χ3v) is 6.96. The van der Waals surface area contributed by atoms with Crippen LogP contribution in [-0.4, -0.2) is 63.1 Å². The number of likely N-dealkylation sites (N-methyl/N-ethyl adjacent to an activating group) is 1. The van der Waals surface area contributed by atoms with Gasteiger partial charge in [0.15, 0.2) is 0 Å². The summed E-state index contributed by atoms with van der Waals surface area (Å²) < 4.78 is 46.5. The predicted octanol–water partition coefficient (Wildman–Crippen LogP) is 1.56. The zero-order valence-electron chi connectivity index (χ0n) is 13.5. The second-order valence-electron chi connectivity index (χ2n) is 6.22. The minimum absolute atomic E-state index is 0.0297. The van der Waals surface area contributed by atoms with E-state index < -0.39 is 15.8 Å². The number of ether oxygens (including phenoxy) is 1. The monoisotopic (exact) mass is 342 g/mol. The smallest absolute Gasteiger partial charge is 0.243 e. The molecule has 0 amide bonds. The number of hydrogen-bond donors (Lipinski definition) is 0. The van der Waals surface area contributed by atoms with Crippen molar-refractivity contribution in [1.82, 2.24) is 9.21 Å². The van der Waals surface area contributed by atoms with Crippen LogP contribution < -0.4 is 0 Å². The van der Waals surface area contributed by atoms with Gasteiger partial charge in [-0.25, -0.2) is 12.8 Å². The van der Waals surface area contributed by atoms with Crippen molar-refractivity contribution in [3.8, 4) is 0 Å². The van der Waals surface area contributed by atoms with E-state index in [1.165, 1.54) is 18.2 Å². The zero-order chi connectivity index (χ0) is 16.6. The predicted molar refractivity (Wildman–Crippen MR) is 85.1 cm³/mol. The van der Waals surface area contributed by atoms with E-state index in [0.717, 1.165) is 19.2 Å². The Balaban J connectivity index is 1.93. The summed E-state index contributed by atoms with van der Waals surface area (Å²) in [5, 5.41) is 0. The zero-order valence-corrected chi connectivity index (χ0v) is 14.3. The average Bonchev–Trinajstić information content (AvgIpc) is 2.98. The number of nitrogens with zero attached hydrogens (tertiary/aromatic N) is 2. The van der Waals surface area contributed by atoms with Crippen LogP contribution in [0.25, 0.3) is 0 Å². The summed E-state index contributed by atoms with van der Waals surface area (Å²) >= 11 is 0. The second kappa shape index (κ2) is 6.47. The van der Waals surface area contributed by atoms with Crippen LogP contribution in [0.5, 0.6) is 0 Å². The molecule has 0 aliphatic carbocycles. The number of likely N-dealkylation sites (tertiary alicyclic amines) is 1. The normalized spacial score (nSPS) is 29.6. The lowest BCUT2D eigenvalue weighted by Crippen LogP contribution is -2.53. The van der Waals surface area contributed by atoms with Gasteiger partial charge in [0.25, 0.3) is 0 Å². The fourth-order valence-electron chi connectivity index (χ4n) is 3.81. The fraction of sp³-hybridized carbons (Fsp3) is 0.625. The molecule has 3 rings (SSSR count). The summed E-state index contributed by atoms with van der Waals surface area (Å²) in [4.78, 5) is 2.28. The minimum Gasteiger partial charge on any atom is -0.381 e. The molecule has 128 valence electrons. The number of rotatable bonds is 4. The molecule has 3 atom stereocenters. The number of benzene rings is 1. The van der Waals surface area contributed by atoms with Gasteiger partial charge in [-0.3, -0.25) is 0 Å². The van der Waals surface area contributed by atoms with Crippen LogP contribution in [-0.2, 0) is 14.8 Å². The van der Waals surface area contributed by atoms with Crippen molar-refractivity contribution in [2.75, 3.05) is 33.3 Å². The second-order valence-corrected chi connectivity index (χ2v) is 8.11. The third kappa shape index (κ3) is 3.03. The molecule has 0 spiro atoms. The summed E-state index contributed by atoms with van der Waals surface area (Å²) in [7, 11) is -2.00. The van der Waals surface area contributed by atoms with E-state index in [1.807, 2.05) is 0 Å². The van der Waals surface area contributed by atoms with Crippen molar-refractivity contribution < 1.29 is 17.5 Å². The van der Waals surface area contributed by atoms with Gasteiger partial charge in [-0.2, -0.15) is 4.31 Å². The highest BCUT2D eigenvalue weighted by Gasteiger charge is 2.48. The third-order valence-electron chi connectivity index (χ3n) is 5.04. The number of fused-ring (bicyclic) bond motifs is 1. The van der Waals surface area contributed by atoms with Gasteiger partial charge in [0, 0.05) is 38.7 Å². The van der Waals surface area contributed by atoms with Crippen LogP contribution in [0.4, 0.5) is 4.39 Å². The molecule has 2 saturated heterocycles. The van der Waals surface area contributed by atoms with Crippen molar-refractivity contribution in [3.63, 3.8) is 0 Å². The van der Waals surface area contributed by atoms with Crippen LogP contribution in [0.15, 0.2) is 29.2 Å². The largest absolute Gasteiger partial charge is 0.381 e. The first-order chi connectivity index (χ1) is 11.0. The van der Waals surface area contributed by atoms with Crippen molar-refractivity contribution in [2.45, 2.75) is 30.4 Å². The lowest BCUT2D eigenvalue weighted by atomic mass is 9.91. The van der Waals surface area contributed by atoms with E-state index in [2.05, 4.69) is 11.8 Å². The molecule has 5 nitrogen and oxygen atoms in total. The highest BCUT2D eigenvalue weighted by atomic mass is 32.2. The first-order valence-electron chi connectivity index (χ1n) is 8.00. The number of methoxy groups -OCH3 is 1. The Kier molecular flexibility index (Phi) is 4.73. The summed E-state index contributed by atoms with van der Waals surface area (Å²) in [6.07, 6.45) is 0.750. The molecule has 2 heterocycles. The Morgan fingerprint density at radius 2 is 2.13 bits per heavy atom. The van der Waals surface area contributed by atoms with E-state index in [4.69, 9.17) is 4.74 Å². The number of piperidine rings is 1. The minimum atomic E-state index is -3.69. The lowest BCUT2D eigenvalue weighted by Gasteiger charge is -2.40. The molecule has 2 aliphatic heterocycles. The van der Waals surface area contributed by atoms with E-state index >= 15 is 0 Å². The molecule has 0 aromatic heterocycles. The van der Waals surface area contributed by atoms with Crippen LogP contribution in [0.3, 0.4) is 0 Å². The molecule has 2 aliphatic rings. The first kappa shape index (κ1) is 16.8. The van der Waals surface area contributed by atoms with Crippen molar-refractivity contribution >= 4 is 10.0 Å². The molecule has 7 heteroatoms. The quantitative estimate of drug-likeness (QED) is 0.833. The summed E-state index contributed by atoms with van der Waals surface area (Å²) in [5.41, 5.74) is 0. The van der Waals surface area contributed by atoms with E-state index in [0.29, 0.717) is 19.5 Å². The van der Waals surface area contributed by atoms with Crippen LogP contribution in [0.2, 0.25) is 0 Å². The Hall–Kier alpha value is -1.02. The highest BCUT2D eigenvalue weighted by molar-refractivity contribution is 7.89. The van der Waals surface area contributed by atoms with Gasteiger partial charge in [0.05, 0.1) is 11.0 Å². The summed E-state index contributed by atoms with van der Waals surface area (Å²) in [6.45, 7) is 4.92. The molecule has 1 aromatic carbocycles. The summed E-state index contributed by atoms with van der Waals surface area (Å²) in [6, 6.07) is 5.14. The Bertz CT molecular complexity index is 667. The van der Waals surface area contributed by atoms with Crippen molar-refractivity contribution in [2.24, 2.45) is 5.92 Å². The number of hydrogen-bond acceptors (Lipinski definition) is 4. The van der Waals surface area contributed by atoms with Crippen LogP contribution in [0, 0.1) is 11.7 Å². The van der Waals surface area contributed by atoms with Crippen molar-refractivity contribution in [1.29, 1.82) is 0 Å². The Morgan fingerprint density at radius 3 is 2.78 bits per heavy atom. The molecule has 1 aromatic rings. The molecule has 23 heavy (non-hydrogen) atoms. The van der Waals surface area contributed by atoms with Gasteiger partial charge in [-0.05, 0) is 31.2 Å². The summed E-state index contributed by atoms with van der Waals surface area (Å²) in [5.74, 6) is -0.368. The Labute approximate surface area is 137 Å². The highest BCUT2D eigenvalue weighted by Crippen LogP contribution is 2.35. The molecule has 0 unspecified atom stereocenters. The topological polar surface area (TPSA) is 49.9 Å². The lowest BCUT2D eigenvalue weighted by molar-refractivity contribution is 0.00238. The van der Waals surface area contributed by atoms with E-state index in [1.54, 1.807) is 11.4 Å². The maximum Gasteiger partial charge on any atom is 0.243 e. The maximum absolute atomic E-state index is 13.5. The van der Waals surface area contributed by atoms with E-state index in [-0.39, 0.29) is 23.0 Å². The molecular formula is C16H23FN2O3S. The number of sulfonamides is 1. The van der Waals surface area contributed by atoms with Crippen molar-refractivity contribution in [3.05, 3.63) is 30.1 Å². The molecule has 0 N–H and O–H groups in total. The molecular weight excluding hydrogens is 319 g/mol.